The fourth-order valence-electron chi connectivity index (χ4n) is 13.2. The van der Waals surface area contributed by atoms with Gasteiger partial charge in [-0.05, 0) is 59.7 Å². The number of hydrogen-bond acceptors (Lipinski definition) is 0. The lowest BCUT2D eigenvalue weighted by atomic mass is 9.89. The van der Waals surface area contributed by atoms with Gasteiger partial charge in [-0.2, -0.15) is 0 Å². The minimum absolute atomic E-state index is 1.16. The van der Waals surface area contributed by atoms with Crippen LogP contribution in [0.4, 0.5) is 0 Å². The van der Waals surface area contributed by atoms with Crippen LogP contribution in [0.2, 0.25) is 0 Å². The molecule has 11 aromatic carbocycles. The monoisotopic (exact) mass is 886 g/mol. The Labute approximate surface area is 400 Å². The summed E-state index contributed by atoms with van der Waals surface area (Å²) in [6, 6.07) is 85.6. The first-order chi connectivity index (χ1) is 34.8. The van der Waals surface area contributed by atoms with Crippen LogP contribution in [0.15, 0.2) is 231 Å². The molecular formula is C66H38N4. The zero-order valence-electron chi connectivity index (χ0n) is 37.7. The van der Waals surface area contributed by atoms with Crippen molar-refractivity contribution in [2.45, 2.75) is 0 Å². The number of fused-ring (bicyclic) bond motifs is 20. The van der Waals surface area contributed by atoms with E-state index < -0.39 is 0 Å². The lowest BCUT2D eigenvalue weighted by molar-refractivity contribution is 1.19. The predicted octanol–water partition coefficient (Wildman–Crippen LogP) is 17.5. The van der Waals surface area contributed by atoms with Crippen LogP contribution in [0.5, 0.6) is 0 Å². The van der Waals surface area contributed by atoms with Crippen molar-refractivity contribution in [2.75, 3.05) is 0 Å². The van der Waals surface area contributed by atoms with Crippen molar-refractivity contribution < 1.29 is 0 Å². The number of nitrogens with zero attached hydrogens (tertiary/aromatic N) is 4. The molecule has 0 aliphatic heterocycles. The van der Waals surface area contributed by atoms with E-state index in [9.17, 15) is 0 Å². The second-order valence-corrected chi connectivity index (χ2v) is 19.1. The van der Waals surface area contributed by atoms with Crippen molar-refractivity contribution in [3.8, 4) is 33.6 Å². The van der Waals surface area contributed by atoms with Crippen LogP contribution < -0.4 is 0 Å². The van der Waals surface area contributed by atoms with Crippen molar-refractivity contribution in [2.24, 2.45) is 0 Å². The first kappa shape index (κ1) is 36.7. The van der Waals surface area contributed by atoms with E-state index in [0.29, 0.717) is 0 Å². The number of hydrogen-bond donors (Lipinski definition) is 0. The Balaban J connectivity index is 1.14. The van der Waals surface area contributed by atoms with Crippen LogP contribution in [0, 0.1) is 0 Å². The quantitative estimate of drug-likeness (QED) is 0.168. The highest BCUT2D eigenvalue weighted by Crippen LogP contribution is 2.55. The fourth-order valence-corrected chi connectivity index (χ4v) is 13.2. The van der Waals surface area contributed by atoms with Gasteiger partial charge in [0.25, 0.3) is 0 Å². The standard InChI is InChI=1S/C66H38N4/c1-5-19-39(20-6-1)55-59-49-31-17-29-47-58-54(38-36-46-44-28-14-16-34-52(44)68(64(46)58)42-25-11-4-12-26-42)70(61(47)49)66(59)56(40-21-7-2-8-22-40)60-50-32-18-30-48-57-53(69(62(48)50)65(55)60)37-35-45-43-27-13-15-33-51(43)67(63(45)57)41-23-9-3-10-24-41/h1-38H. The smallest absolute Gasteiger partial charge is 0.0641 e. The van der Waals surface area contributed by atoms with Gasteiger partial charge >= 0.3 is 0 Å². The zero-order chi connectivity index (χ0) is 45.3. The highest BCUT2D eigenvalue weighted by molar-refractivity contribution is 6.40. The Morgan fingerprint density at radius 1 is 0.200 bits per heavy atom. The molecule has 0 spiro atoms. The van der Waals surface area contributed by atoms with Crippen molar-refractivity contribution in [1.82, 2.24) is 17.9 Å². The summed E-state index contributed by atoms with van der Waals surface area (Å²) >= 11 is 0. The van der Waals surface area contributed by atoms with Gasteiger partial charge in [-0.1, -0.05) is 182 Å². The Morgan fingerprint density at radius 2 is 0.543 bits per heavy atom. The van der Waals surface area contributed by atoms with E-state index in [2.05, 4.69) is 248 Å². The van der Waals surface area contributed by atoms with E-state index >= 15 is 0 Å². The highest BCUT2D eigenvalue weighted by Gasteiger charge is 2.32. The molecule has 4 heteroatoms. The van der Waals surface area contributed by atoms with Gasteiger partial charge in [0, 0.05) is 87.1 Å². The SMILES string of the molecule is c1ccc(-c2c3c4cccc5c6c7c(ccc6n(c3c(-c3ccccc3)c3c6cccc8c9c%10c(ccc9n(c23)c68)c2ccccc2n%10-c2ccccc2)c45)c2ccccc2n7-c2ccccc2)cc1. The third-order valence-electron chi connectivity index (χ3n) is 15.8. The summed E-state index contributed by atoms with van der Waals surface area (Å²) in [4.78, 5) is 0. The lowest BCUT2D eigenvalue weighted by Gasteiger charge is -2.16. The molecule has 17 aromatic rings. The zero-order valence-corrected chi connectivity index (χ0v) is 37.7. The van der Waals surface area contributed by atoms with Crippen molar-refractivity contribution in [3.63, 3.8) is 0 Å². The van der Waals surface area contributed by atoms with E-state index in [1.165, 1.54) is 142 Å². The molecule has 0 N–H and O–H groups in total. The molecule has 6 aromatic heterocycles. The van der Waals surface area contributed by atoms with E-state index in [1.54, 1.807) is 0 Å². The van der Waals surface area contributed by atoms with E-state index in [0.717, 1.165) is 11.4 Å². The second-order valence-electron chi connectivity index (χ2n) is 19.1. The minimum Gasteiger partial charge on any atom is -0.309 e. The van der Waals surface area contributed by atoms with Crippen molar-refractivity contribution in [1.29, 1.82) is 0 Å². The third kappa shape index (κ3) is 4.39. The van der Waals surface area contributed by atoms with Gasteiger partial charge in [-0.3, -0.25) is 0 Å². The molecule has 0 fully saturated rings. The van der Waals surface area contributed by atoms with E-state index in [-0.39, 0.29) is 0 Å². The molecule has 4 nitrogen and oxygen atoms in total. The molecule has 322 valence electrons. The van der Waals surface area contributed by atoms with E-state index in [1.807, 2.05) is 0 Å². The largest absolute Gasteiger partial charge is 0.309 e. The Morgan fingerprint density at radius 3 is 0.957 bits per heavy atom. The Hall–Kier alpha value is -9.38. The van der Waals surface area contributed by atoms with Crippen LogP contribution in [0.1, 0.15) is 0 Å². The molecule has 0 aliphatic carbocycles. The van der Waals surface area contributed by atoms with Crippen LogP contribution in [-0.4, -0.2) is 17.9 Å². The summed E-state index contributed by atoms with van der Waals surface area (Å²) in [5, 5.41) is 15.2. The van der Waals surface area contributed by atoms with Gasteiger partial charge in [-0.15, -0.1) is 0 Å². The maximum absolute atomic E-state index is 2.64. The number of benzene rings is 11. The molecule has 0 atom stereocenters. The Bertz CT molecular complexity index is 4690. The molecule has 0 radical (unpaired) electrons. The van der Waals surface area contributed by atoms with Crippen LogP contribution >= 0.6 is 0 Å². The van der Waals surface area contributed by atoms with Gasteiger partial charge in [0.05, 0.1) is 55.2 Å². The summed E-state index contributed by atoms with van der Waals surface area (Å²) in [5.41, 5.74) is 19.6. The predicted molar refractivity (Wildman–Crippen MR) is 295 cm³/mol. The summed E-state index contributed by atoms with van der Waals surface area (Å²) in [6.45, 7) is 0. The third-order valence-corrected chi connectivity index (χ3v) is 15.8. The molecule has 0 bridgehead atoms. The molecular weight excluding hydrogens is 849 g/mol. The second kappa shape index (κ2) is 13.2. The van der Waals surface area contributed by atoms with Crippen molar-refractivity contribution in [3.05, 3.63) is 231 Å². The summed E-state index contributed by atoms with van der Waals surface area (Å²) in [6.07, 6.45) is 0. The van der Waals surface area contributed by atoms with Crippen LogP contribution in [0.3, 0.4) is 0 Å². The topological polar surface area (TPSA) is 18.7 Å². The molecule has 17 rings (SSSR count). The molecule has 0 saturated heterocycles. The highest BCUT2D eigenvalue weighted by atomic mass is 15.0. The fraction of sp³-hybridized carbons (Fsp3) is 0. The normalized spacial score (nSPS) is 12.6. The van der Waals surface area contributed by atoms with Crippen molar-refractivity contribution >= 4 is 120 Å². The summed E-state index contributed by atoms with van der Waals surface area (Å²) in [7, 11) is 0. The average Bonchev–Trinajstić information content (AvgIpc) is 4.27. The maximum atomic E-state index is 2.64. The van der Waals surface area contributed by atoms with Crippen LogP contribution in [-0.2, 0) is 0 Å². The first-order valence-corrected chi connectivity index (χ1v) is 24.3. The number of para-hydroxylation sites is 6. The van der Waals surface area contributed by atoms with Gasteiger partial charge in [0.1, 0.15) is 0 Å². The molecule has 0 amide bonds. The van der Waals surface area contributed by atoms with Gasteiger partial charge in [0.2, 0.25) is 0 Å². The summed E-state index contributed by atoms with van der Waals surface area (Å²) in [5.74, 6) is 0. The number of aromatic nitrogens is 4. The van der Waals surface area contributed by atoms with Gasteiger partial charge in [-0.25, -0.2) is 0 Å². The molecule has 0 aliphatic rings. The molecule has 0 saturated carbocycles. The van der Waals surface area contributed by atoms with Gasteiger partial charge < -0.3 is 17.9 Å². The first-order valence-electron chi connectivity index (χ1n) is 24.3. The lowest BCUT2D eigenvalue weighted by Crippen LogP contribution is -1.95. The average molecular weight is 887 g/mol. The van der Waals surface area contributed by atoms with Gasteiger partial charge in [0.15, 0.2) is 0 Å². The maximum Gasteiger partial charge on any atom is 0.0641 e. The molecule has 6 heterocycles. The number of rotatable bonds is 4. The molecule has 0 unspecified atom stereocenters. The molecule has 70 heavy (non-hydrogen) atoms. The Kier molecular flexibility index (Phi) is 6.92. The van der Waals surface area contributed by atoms with Crippen LogP contribution in [0.25, 0.3) is 153 Å². The summed E-state index contributed by atoms with van der Waals surface area (Å²) < 4.78 is 10.3. The minimum atomic E-state index is 1.16. The van der Waals surface area contributed by atoms with E-state index in [4.69, 9.17) is 0 Å².